The summed E-state index contributed by atoms with van der Waals surface area (Å²) in [6.07, 6.45) is 4.51. The zero-order valence-electron chi connectivity index (χ0n) is 18.0. The number of ether oxygens (including phenoxy) is 1. The normalized spacial score (nSPS) is 14.4. The topological polar surface area (TPSA) is 77.2 Å². The Hall–Kier alpha value is -3.67. The first-order valence-electron chi connectivity index (χ1n) is 10.9. The molecule has 4 aromatic rings. The minimum Gasteiger partial charge on any atom is -0.507 e. The van der Waals surface area contributed by atoms with Crippen LogP contribution in [0.5, 0.6) is 11.6 Å². The van der Waals surface area contributed by atoms with E-state index in [-0.39, 0.29) is 16.7 Å². The molecule has 1 aliphatic carbocycles. The molecule has 0 radical (unpaired) electrons. The summed E-state index contributed by atoms with van der Waals surface area (Å²) in [6, 6.07) is 18.7. The fourth-order valence-electron chi connectivity index (χ4n) is 3.80. The van der Waals surface area contributed by atoms with Crippen LogP contribution in [0, 0.1) is 5.41 Å². The van der Waals surface area contributed by atoms with Crippen molar-refractivity contribution in [3.63, 3.8) is 0 Å². The van der Waals surface area contributed by atoms with E-state index in [0.29, 0.717) is 47.7 Å². The van der Waals surface area contributed by atoms with Gasteiger partial charge in [0.2, 0.25) is 5.88 Å². The van der Waals surface area contributed by atoms with Crippen molar-refractivity contribution in [3.8, 4) is 23.0 Å². The molecule has 0 atom stereocenters. The van der Waals surface area contributed by atoms with Gasteiger partial charge in [-0.25, -0.2) is 9.97 Å². The van der Waals surface area contributed by atoms with Gasteiger partial charge in [0.1, 0.15) is 17.0 Å². The van der Waals surface area contributed by atoms with Crippen molar-refractivity contribution in [3.05, 3.63) is 82.8 Å². The van der Waals surface area contributed by atoms with Gasteiger partial charge in [-0.05, 0) is 43.0 Å². The van der Waals surface area contributed by atoms with Gasteiger partial charge in [0.05, 0.1) is 17.7 Å². The van der Waals surface area contributed by atoms with Gasteiger partial charge in [-0.3, -0.25) is 9.36 Å². The van der Waals surface area contributed by atoms with E-state index in [0.717, 1.165) is 18.4 Å². The number of pyridine rings is 1. The lowest BCUT2D eigenvalue weighted by Crippen LogP contribution is -2.25. The Morgan fingerprint density at radius 2 is 1.81 bits per heavy atom. The second-order valence-corrected chi connectivity index (χ2v) is 8.75. The van der Waals surface area contributed by atoms with Gasteiger partial charge in [-0.15, -0.1) is 0 Å². The minimum absolute atomic E-state index is 0.0828. The molecule has 0 saturated heterocycles. The van der Waals surface area contributed by atoms with Crippen molar-refractivity contribution in [1.82, 2.24) is 14.5 Å². The molecule has 1 fully saturated rings. The van der Waals surface area contributed by atoms with Crippen LogP contribution in [0.3, 0.4) is 0 Å². The predicted octanol–water partition coefficient (Wildman–Crippen LogP) is 4.59. The number of aromatic nitrogens is 3. The number of aryl methyl sites for hydroxylation is 1. The summed E-state index contributed by atoms with van der Waals surface area (Å²) in [7, 11) is 0. The number of rotatable bonds is 7. The Kier molecular flexibility index (Phi) is 5.13. The second-order valence-electron chi connectivity index (χ2n) is 8.75. The SMILES string of the molecule is CC1(COc2nccc3nc(-c4ccccc4O)n(CCc4ccccc4)c(=O)c23)CC1. The first kappa shape index (κ1) is 20.2. The predicted molar refractivity (Wildman–Crippen MR) is 124 cm³/mol. The van der Waals surface area contributed by atoms with E-state index < -0.39 is 0 Å². The summed E-state index contributed by atoms with van der Waals surface area (Å²) in [6.45, 7) is 3.12. The van der Waals surface area contributed by atoms with Crippen molar-refractivity contribution in [1.29, 1.82) is 0 Å². The van der Waals surface area contributed by atoms with Crippen molar-refractivity contribution in [2.24, 2.45) is 5.41 Å². The Morgan fingerprint density at radius 3 is 2.56 bits per heavy atom. The molecule has 1 aliphatic rings. The van der Waals surface area contributed by atoms with Crippen LogP contribution in [0.2, 0.25) is 0 Å². The van der Waals surface area contributed by atoms with Crippen LogP contribution in [-0.4, -0.2) is 26.2 Å². The summed E-state index contributed by atoms with van der Waals surface area (Å²) in [5, 5.41) is 10.9. The van der Waals surface area contributed by atoms with E-state index >= 15 is 0 Å². The van der Waals surface area contributed by atoms with Crippen molar-refractivity contribution in [2.75, 3.05) is 6.61 Å². The summed E-state index contributed by atoms with van der Waals surface area (Å²) >= 11 is 0. The molecule has 32 heavy (non-hydrogen) atoms. The first-order valence-corrected chi connectivity index (χ1v) is 10.9. The number of hydrogen-bond donors (Lipinski definition) is 1. The molecule has 0 unspecified atom stereocenters. The number of phenolic OH excluding ortho intramolecular Hbond substituents is 1. The van der Waals surface area contributed by atoms with Gasteiger partial charge in [-0.1, -0.05) is 49.4 Å². The molecule has 2 aromatic heterocycles. The number of aromatic hydroxyl groups is 1. The van der Waals surface area contributed by atoms with E-state index in [1.807, 2.05) is 36.4 Å². The lowest BCUT2D eigenvalue weighted by atomic mass is 10.1. The molecule has 6 heteroatoms. The number of benzene rings is 2. The van der Waals surface area contributed by atoms with Crippen LogP contribution in [0.4, 0.5) is 0 Å². The van der Waals surface area contributed by atoms with Gasteiger partial charge in [0.15, 0.2) is 0 Å². The van der Waals surface area contributed by atoms with Crippen LogP contribution in [0.15, 0.2) is 71.7 Å². The third-order valence-corrected chi connectivity index (χ3v) is 6.11. The Balaban J connectivity index is 1.64. The average Bonchev–Trinajstić information content (AvgIpc) is 3.55. The van der Waals surface area contributed by atoms with Gasteiger partial charge in [0.25, 0.3) is 5.56 Å². The summed E-state index contributed by atoms with van der Waals surface area (Å²) < 4.78 is 7.62. The number of nitrogens with zero attached hydrogens (tertiary/aromatic N) is 3. The molecule has 1 saturated carbocycles. The van der Waals surface area contributed by atoms with Crippen LogP contribution < -0.4 is 10.3 Å². The number of fused-ring (bicyclic) bond motifs is 1. The number of phenols is 1. The molecule has 0 bridgehead atoms. The average molecular weight is 428 g/mol. The van der Waals surface area contributed by atoms with E-state index in [1.165, 1.54) is 0 Å². The lowest BCUT2D eigenvalue weighted by Gasteiger charge is -2.16. The van der Waals surface area contributed by atoms with Gasteiger partial charge < -0.3 is 9.84 Å². The quantitative estimate of drug-likeness (QED) is 0.467. The molecule has 162 valence electrons. The van der Waals surface area contributed by atoms with Gasteiger partial charge >= 0.3 is 0 Å². The highest BCUT2D eigenvalue weighted by molar-refractivity contribution is 5.84. The second kappa shape index (κ2) is 8.11. The molecular formula is C26H25N3O3. The van der Waals surface area contributed by atoms with E-state index in [9.17, 15) is 9.90 Å². The lowest BCUT2D eigenvalue weighted by molar-refractivity contribution is 0.241. The van der Waals surface area contributed by atoms with Crippen LogP contribution in [-0.2, 0) is 13.0 Å². The van der Waals surface area contributed by atoms with Crippen LogP contribution in [0.1, 0.15) is 25.3 Å². The van der Waals surface area contributed by atoms with Gasteiger partial charge in [-0.2, -0.15) is 0 Å². The Labute approximate surface area is 186 Å². The van der Waals surface area contributed by atoms with Crippen LogP contribution >= 0.6 is 0 Å². The molecule has 1 N–H and O–H groups in total. The molecule has 2 aromatic carbocycles. The first-order chi connectivity index (χ1) is 15.5. The molecular weight excluding hydrogens is 402 g/mol. The highest BCUT2D eigenvalue weighted by atomic mass is 16.5. The largest absolute Gasteiger partial charge is 0.507 e. The Bertz CT molecular complexity index is 1330. The van der Waals surface area contributed by atoms with E-state index in [2.05, 4.69) is 11.9 Å². The maximum Gasteiger partial charge on any atom is 0.267 e. The van der Waals surface area contributed by atoms with Crippen molar-refractivity contribution >= 4 is 10.9 Å². The highest BCUT2D eigenvalue weighted by Gasteiger charge is 2.38. The Morgan fingerprint density at radius 1 is 1.06 bits per heavy atom. The van der Waals surface area contributed by atoms with Crippen molar-refractivity contribution in [2.45, 2.75) is 32.7 Å². The molecule has 5 rings (SSSR count). The van der Waals surface area contributed by atoms with E-state index in [1.54, 1.807) is 35.0 Å². The zero-order chi connectivity index (χ0) is 22.1. The fourth-order valence-corrected chi connectivity index (χ4v) is 3.80. The third kappa shape index (κ3) is 3.96. The summed E-state index contributed by atoms with van der Waals surface area (Å²) in [5.74, 6) is 0.840. The molecule has 0 aliphatic heterocycles. The maximum atomic E-state index is 13.7. The standard InChI is InChI=1S/C26H25N3O3/c1-26(13-14-26)17-32-24-22-20(11-15-27-24)28-23(19-9-5-6-10-21(19)30)29(25(22)31)16-12-18-7-3-2-4-8-18/h2-11,15,30H,12-14,16-17H2,1H3. The minimum atomic E-state index is -0.215. The number of hydrogen-bond acceptors (Lipinski definition) is 5. The van der Waals surface area contributed by atoms with E-state index in [4.69, 9.17) is 9.72 Å². The van der Waals surface area contributed by atoms with Gasteiger partial charge in [0, 0.05) is 18.2 Å². The highest BCUT2D eigenvalue weighted by Crippen LogP contribution is 2.45. The summed E-state index contributed by atoms with van der Waals surface area (Å²) in [5.41, 5.74) is 2.10. The fraction of sp³-hybridized carbons (Fsp3) is 0.269. The van der Waals surface area contributed by atoms with Crippen LogP contribution in [0.25, 0.3) is 22.3 Å². The molecule has 0 amide bonds. The zero-order valence-corrected chi connectivity index (χ0v) is 18.0. The number of para-hydroxylation sites is 1. The molecule has 2 heterocycles. The molecule has 0 spiro atoms. The third-order valence-electron chi connectivity index (χ3n) is 6.11. The molecule has 6 nitrogen and oxygen atoms in total. The van der Waals surface area contributed by atoms with Crippen molar-refractivity contribution < 1.29 is 9.84 Å². The summed E-state index contributed by atoms with van der Waals surface area (Å²) in [4.78, 5) is 22.9. The monoisotopic (exact) mass is 427 g/mol. The maximum absolute atomic E-state index is 13.7. The smallest absolute Gasteiger partial charge is 0.267 e.